The van der Waals surface area contributed by atoms with E-state index >= 15 is 0 Å². The standard InChI is InChI=1S/C26H30N4O2/c1-18-13-19(2)15-22(14-18)21-7-5-20(6-8-21)16-23-17-30(12-11-28(3)25(23)31)26(32)24-9-10-29(4)27-24/h5-10,13-15,23H,11-12,16-17H2,1-4H3/t23-/m0/s1. The van der Waals surface area contributed by atoms with Gasteiger partial charge >= 0.3 is 0 Å². The highest BCUT2D eigenvalue weighted by Gasteiger charge is 2.31. The minimum Gasteiger partial charge on any atom is -0.344 e. The molecule has 6 nitrogen and oxygen atoms in total. The predicted octanol–water partition coefficient (Wildman–Crippen LogP) is 3.48. The van der Waals surface area contributed by atoms with Crippen molar-refractivity contribution in [1.82, 2.24) is 19.6 Å². The molecule has 166 valence electrons. The van der Waals surface area contributed by atoms with Crippen LogP contribution in [0.4, 0.5) is 0 Å². The summed E-state index contributed by atoms with van der Waals surface area (Å²) in [5.74, 6) is -0.314. The van der Waals surface area contributed by atoms with Crippen LogP contribution in [0.2, 0.25) is 0 Å². The molecule has 1 saturated heterocycles. The van der Waals surface area contributed by atoms with E-state index in [-0.39, 0.29) is 17.7 Å². The first-order valence-corrected chi connectivity index (χ1v) is 11.0. The average molecular weight is 431 g/mol. The maximum absolute atomic E-state index is 13.0. The number of hydrogen-bond acceptors (Lipinski definition) is 3. The highest BCUT2D eigenvalue weighted by molar-refractivity contribution is 5.93. The molecule has 1 aliphatic heterocycles. The van der Waals surface area contributed by atoms with E-state index < -0.39 is 0 Å². The van der Waals surface area contributed by atoms with E-state index in [2.05, 4.69) is 61.4 Å². The van der Waals surface area contributed by atoms with Crippen LogP contribution in [0.25, 0.3) is 11.1 Å². The van der Waals surface area contributed by atoms with Crippen LogP contribution in [-0.2, 0) is 18.3 Å². The molecule has 2 amide bonds. The second kappa shape index (κ2) is 8.99. The lowest BCUT2D eigenvalue weighted by Crippen LogP contribution is -2.37. The number of nitrogens with zero attached hydrogens (tertiary/aromatic N) is 4. The molecule has 2 aromatic carbocycles. The number of aromatic nitrogens is 2. The molecule has 4 rings (SSSR count). The van der Waals surface area contributed by atoms with Gasteiger partial charge in [-0.2, -0.15) is 5.10 Å². The Balaban J connectivity index is 1.52. The minimum atomic E-state index is -0.276. The molecule has 1 aromatic heterocycles. The Hall–Kier alpha value is -3.41. The third-order valence-corrected chi connectivity index (χ3v) is 6.08. The fraction of sp³-hybridized carbons (Fsp3) is 0.346. The summed E-state index contributed by atoms with van der Waals surface area (Å²) >= 11 is 0. The van der Waals surface area contributed by atoms with E-state index in [4.69, 9.17) is 0 Å². The number of carbonyl (C=O) groups excluding carboxylic acids is 2. The topological polar surface area (TPSA) is 58.4 Å². The van der Waals surface area contributed by atoms with E-state index in [1.54, 1.807) is 33.8 Å². The molecule has 1 fully saturated rings. The Morgan fingerprint density at radius 3 is 2.28 bits per heavy atom. The highest BCUT2D eigenvalue weighted by atomic mass is 16.2. The largest absolute Gasteiger partial charge is 0.344 e. The molecular formula is C26H30N4O2. The van der Waals surface area contributed by atoms with Gasteiger partial charge in [-0.15, -0.1) is 0 Å². The van der Waals surface area contributed by atoms with Crippen LogP contribution < -0.4 is 0 Å². The van der Waals surface area contributed by atoms with Crippen molar-refractivity contribution in [2.75, 3.05) is 26.7 Å². The van der Waals surface area contributed by atoms with Crippen molar-refractivity contribution < 1.29 is 9.59 Å². The van der Waals surface area contributed by atoms with Crippen LogP contribution >= 0.6 is 0 Å². The van der Waals surface area contributed by atoms with Gasteiger partial charge in [0.25, 0.3) is 5.91 Å². The molecule has 1 aliphatic rings. The lowest BCUT2D eigenvalue weighted by Gasteiger charge is -2.22. The molecule has 1 atom stereocenters. The van der Waals surface area contributed by atoms with Crippen molar-refractivity contribution in [3.63, 3.8) is 0 Å². The van der Waals surface area contributed by atoms with Crippen molar-refractivity contribution in [3.05, 3.63) is 77.1 Å². The Labute approximate surface area is 189 Å². The summed E-state index contributed by atoms with van der Waals surface area (Å²) in [6, 6.07) is 16.7. The molecule has 6 heteroatoms. The first-order valence-electron chi connectivity index (χ1n) is 11.0. The Bertz CT molecular complexity index is 1110. The van der Waals surface area contributed by atoms with E-state index in [0.29, 0.717) is 31.7 Å². The van der Waals surface area contributed by atoms with E-state index in [1.807, 2.05) is 7.05 Å². The Morgan fingerprint density at radius 2 is 1.66 bits per heavy atom. The molecule has 2 heterocycles. The van der Waals surface area contributed by atoms with Crippen molar-refractivity contribution in [3.8, 4) is 11.1 Å². The van der Waals surface area contributed by atoms with Gasteiger partial charge in [0, 0.05) is 39.9 Å². The first kappa shape index (κ1) is 21.8. The van der Waals surface area contributed by atoms with E-state index in [1.165, 1.54) is 16.7 Å². The van der Waals surface area contributed by atoms with Gasteiger partial charge in [0.2, 0.25) is 5.91 Å². The maximum Gasteiger partial charge on any atom is 0.274 e. The van der Waals surface area contributed by atoms with Crippen LogP contribution in [-0.4, -0.2) is 58.1 Å². The van der Waals surface area contributed by atoms with Gasteiger partial charge in [0.05, 0.1) is 5.92 Å². The summed E-state index contributed by atoms with van der Waals surface area (Å²) in [4.78, 5) is 29.4. The number of aryl methyl sites for hydroxylation is 3. The number of amides is 2. The summed E-state index contributed by atoms with van der Waals surface area (Å²) in [6.45, 7) is 5.66. The molecule has 0 aliphatic carbocycles. The number of rotatable bonds is 4. The normalized spacial score (nSPS) is 16.9. The molecule has 0 radical (unpaired) electrons. The summed E-state index contributed by atoms with van der Waals surface area (Å²) in [5.41, 5.74) is 6.36. The molecule has 32 heavy (non-hydrogen) atoms. The lowest BCUT2D eigenvalue weighted by atomic mass is 9.95. The molecular weight excluding hydrogens is 400 g/mol. The Morgan fingerprint density at radius 1 is 0.969 bits per heavy atom. The SMILES string of the molecule is Cc1cc(C)cc(-c2ccc(C[C@H]3CN(C(=O)c4ccn(C)n4)CCN(C)C3=O)cc2)c1. The quantitative estimate of drug-likeness (QED) is 0.637. The van der Waals surface area contributed by atoms with Gasteiger partial charge in [-0.3, -0.25) is 14.3 Å². The highest BCUT2D eigenvalue weighted by Crippen LogP contribution is 2.24. The van der Waals surface area contributed by atoms with Crippen molar-refractivity contribution >= 4 is 11.8 Å². The second-order valence-corrected chi connectivity index (χ2v) is 8.86. The second-order valence-electron chi connectivity index (χ2n) is 8.86. The monoisotopic (exact) mass is 430 g/mol. The number of likely N-dealkylation sites (N-methyl/N-ethyl adjacent to an activating group) is 1. The first-order chi connectivity index (χ1) is 15.3. The van der Waals surface area contributed by atoms with Crippen LogP contribution in [0.3, 0.4) is 0 Å². The number of benzene rings is 2. The van der Waals surface area contributed by atoms with Crippen molar-refractivity contribution in [2.45, 2.75) is 20.3 Å². The molecule has 0 bridgehead atoms. The van der Waals surface area contributed by atoms with Gasteiger partial charge < -0.3 is 9.80 Å². The molecule has 3 aromatic rings. The molecule has 0 saturated carbocycles. The van der Waals surface area contributed by atoms with Gasteiger partial charge in [-0.05, 0) is 43.0 Å². The average Bonchev–Trinajstić information content (AvgIpc) is 3.15. The van der Waals surface area contributed by atoms with Crippen molar-refractivity contribution in [2.24, 2.45) is 13.0 Å². The fourth-order valence-corrected chi connectivity index (χ4v) is 4.41. The zero-order chi connectivity index (χ0) is 22.8. The summed E-state index contributed by atoms with van der Waals surface area (Å²) < 4.78 is 1.62. The van der Waals surface area contributed by atoms with E-state index in [0.717, 1.165) is 11.1 Å². The fourth-order valence-electron chi connectivity index (χ4n) is 4.41. The minimum absolute atomic E-state index is 0.0831. The van der Waals surface area contributed by atoms with Gasteiger partial charge in [-0.25, -0.2) is 0 Å². The summed E-state index contributed by atoms with van der Waals surface area (Å²) in [6.07, 6.45) is 2.36. The molecule has 0 spiro atoms. The zero-order valence-corrected chi connectivity index (χ0v) is 19.2. The summed E-state index contributed by atoms with van der Waals surface area (Å²) in [5, 5.41) is 4.24. The number of carbonyl (C=O) groups is 2. The maximum atomic E-state index is 13.0. The summed E-state index contributed by atoms with van der Waals surface area (Å²) in [7, 11) is 3.61. The van der Waals surface area contributed by atoms with Crippen LogP contribution in [0.5, 0.6) is 0 Å². The van der Waals surface area contributed by atoms with E-state index in [9.17, 15) is 9.59 Å². The smallest absolute Gasteiger partial charge is 0.274 e. The predicted molar refractivity (Wildman–Crippen MR) is 125 cm³/mol. The van der Waals surface area contributed by atoms with Gasteiger partial charge in [0.15, 0.2) is 0 Å². The molecule has 0 unspecified atom stereocenters. The van der Waals surface area contributed by atoms with Crippen LogP contribution in [0.1, 0.15) is 27.2 Å². The van der Waals surface area contributed by atoms with Gasteiger partial charge in [-0.1, -0.05) is 53.6 Å². The van der Waals surface area contributed by atoms with Crippen LogP contribution in [0.15, 0.2) is 54.7 Å². The Kier molecular flexibility index (Phi) is 6.12. The number of hydrogen-bond donors (Lipinski definition) is 0. The van der Waals surface area contributed by atoms with Crippen molar-refractivity contribution in [1.29, 1.82) is 0 Å². The van der Waals surface area contributed by atoms with Crippen LogP contribution in [0, 0.1) is 19.8 Å². The zero-order valence-electron chi connectivity index (χ0n) is 19.2. The van der Waals surface area contributed by atoms with Gasteiger partial charge in [0.1, 0.15) is 5.69 Å². The molecule has 0 N–H and O–H groups in total. The lowest BCUT2D eigenvalue weighted by molar-refractivity contribution is -0.133. The third kappa shape index (κ3) is 4.74. The third-order valence-electron chi connectivity index (χ3n) is 6.08.